The number of anilines is 2. The first-order valence-corrected chi connectivity index (χ1v) is 34.7. The molecular weight excluding hydrogens is 1090 g/mol. The number of sulfonamides is 2. The monoisotopic (exact) mass is 1180 g/mol. The summed E-state index contributed by atoms with van der Waals surface area (Å²) in [4.78, 5) is 37.0. The predicted molar refractivity (Wildman–Crippen MR) is 341 cm³/mol. The third kappa shape index (κ3) is 12.8. The van der Waals surface area contributed by atoms with Crippen molar-refractivity contribution in [1.82, 2.24) is 28.4 Å². The van der Waals surface area contributed by atoms with Gasteiger partial charge in [-0.25, -0.2) is 26.3 Å². The summed E-state index contributed by atoms with van der Waals surface area (Å²) in [6, 6.07) is 24.4. The molecule has 6 aliphatic rings. The number of carbonyl (C=O) groups excluding carboxylic acids is 2. The summed E-state index contributed by atoms with van der Waals surface area (Å²) in [5, 5.41) is 2.24. The van der Waals surface area contributed by atoms with Gasteiger partial charge in [0, 0.05) is 77.9 Å². The lowest BCUT2D eigenvalue weighted by atomic mass is 9.81. The lowest BCUT2D eigenvalue weighted by Gasteiger charge is -2.31. The highest BCUT2D eigenvalue weighted by Crippen LogP contribution is 2.50. The van der Waals surface area contributed by atoms with Gasteiger partial charge in [0.1, 0.15) is 13.1 Å². The van der Waals surface area contributed by atoms with Gasteiger partial charge >= 0.3 is 0 Å². The summed E-state index contributed by atoms with van der Waals surface area (Å²) in [6.45, 7) is 23.2. The van der Waals surface area contributed by atoms with E-state index in [0.717, 1.165) is 123 Å². The molecule has 0 spiro atoms. The average molecular weight is 1180 g/mol. The Morgan fingerprint density at radius 2 is 0.988 bits per heavy atom. The second kappa shape index (κ2) is 24.3. The number of amides is 2. The SMILES string of the molecule is Cc1ccc2c(c1)N(CC(=O)N1CCCCC1)C(=O)Cn1c-2c(C2CCCCC2)c2ccc(S(=O)(=O)NC(C)(C)C)cc21.Cc1ccc2c(c1)N(CCN1CCCCC1)CCn1c-2c(C2CCCCC2)c2ccc(S(=O)(=O)NC(C)(C)C)cc21. The molecular formula is C68H92N8O6S2. The van der Waals surface area contributed by atoms with Gasteiger partial charge in [0.2, 0.25) is 31.9 Å². The fourth-order valence-electron chi connectivity index (χ4n) is 14.7. The highest BCUT2D eigenvalue weighted by Gasteiger charge is 2.37. The molecule has 2 aliphatic carbocycles. The van der Waals surface area contributed by atoms with Gasteiger partial charge in [-0.1, -0.05) is 81.3 Å². The number of piperidine rings is 2. The van der Waals surface area contributed by atoms with Crippen LogP contribution in [0.5, 0.6) is 0 Å². The number of aromatic nitrogens is 2. The van der Waals surface area contributed by atoms with Gasteiger partial charge in [-0.15, -0.1) is 0 Å². The zero-order chi connectivity index (χ0) is 59.3. The molecule has 84 heavy (non-hydrogen) atoms. The number of benzene rings is 4. The van der Waals surface area contributed by atoms with E-state index in [1.54, 1.807) is 17.0 Å². The van der Waals surface area contributed by atoms with Gasteiger partial charge in [-0.05, 0) is 197 Å². The molecule has 6 heterocycles. The molecule has 16 heteroatoms. The van der Waals surface area contributed by atoms with Crippen LogP contribution in [0.3, 0.4) is 0 Å². The van der Waals surface area contributed by atoms with E-state index in [4.69, 9.17) is 0 Å². The number of aryl methyl sites for hydroxylation is 2. The molecule has 4 aromatic carbocycles. The number of fused-ring (bicyclic) bond motifs is 10. The maximum absolute atomic E-state index is 14.2. The smallest absolute Gasteiger partial charge is 0.247 e. The molecule has 0 radical (unpaired) electrons. The fourth-order valence-corrected chi connectivity index (χ4v) is 17.5. The molecule has 2 N–H and O–H groups in total. The highest BCUT2D eigenvalue weighted by molar-refractivity contribution is 7.89. The number of nitrogens with zero attached hydrogens (tertiary/aromatic N) is 6. The summed E-state index contributed by atoms with van der Waals surface area (Å²) in [6.07, 6.45) is 19.0. The normalized spacial score (nSPS) is 18.9. The molecule has 0 atom stereocenters. The van der Waals surface area contributed by atoms with Crippen LogP contribution >= 0.6 is 0 Å². The average Bonchev–Trinajstić information content (AvgIpc) is 1.90. The van der Waals surface area contributed by atoms with E-state index >= 15 is 0 Å². The summed E-state index contributed by atoms with van der Waals surface area (Å²) in [7, 11) is -7.43. The Balaban J connectivity index is 0.000000176. The second-order valence-electron chi connectivity index (χ2n) is 27.4. The molecule has 4 fully saturated rings. The molecule has 0 bridgehead atoms. The molecule has 2 amide bonds. The van der Waals surface area contributed by atoms with Crippen molar-refractivity contribution in [3.05, 3.63) is 95.1 Å². The maximum Gasteiger partial charge on any atom is 0.247 e. The zero-order valence-electron chi connectivity index (χ0n) is 51.4. The first-order valence-electron chi connectivity index (χ1n) is 31.7. The molecule has 6 aromatic rings. The highest BCUT2D eigenvalue weighted by atomic mass is 32.2. The van der Waals surface area contributed by atoms with Crippen LogP contribution in [0, 0.1) is 13.8 Å². The number of hydrogen-bond acceptors (Lipinski definition) is 8. The number of likely N-dealkylation sites (tertiary alicyclic amines) is 2. The maximum atomic E-state index is 14.2. The van der Waals surface area contributed by atoms with Crippen LogP contribution in [0.25, 0.3) is 44.3 Å². The minimum atomic E-state index is -3.79. The van der Waals surface area contributed by atoms with E-state index in [1.807, 2.05) is 82.2 Å². The van der Waals surface area contributed by atoms with Gasteiger partial charge in [-0.2, -0.15) is 0 Å². The first kappa shape index (κ1) is 60.2. The second-order valence-corrected chi connectivity index (χ2v) is 30.7. The number of rotatable bonds is 11. The molecule has 2 saturated carbocycles. The Hall–Kier alpha value is -5.52. The van der Waals surface area contributed by atoms with Crippen molar-refractivity contribution in [3.63, 3.8) is 0 Å². The molecule has 0 unspecified atom stereocenters. The first-order chi connectivity index (χ1) is 40.0. The van der Waals surface area contributed by atoms with Gasteiger partial charge in [0.05, 0.1) is 37.9 Å². The Morgan fingerprint density at radius 3 is 1.51 bits per heavy atom. The van der Waals surface area contributed by atoms with E-state index in [2.05, 4.69) is 67.1 Å². The van der Waals surface area contributed by atoms with E-state index in [9.17, 15) is 26.4 Å². The van der Waals surface area contributed by atoms with E-state index < -0.39 is 31.1 Å². The van der Waals surface area contributed by atoms with Crippen LogP contribution in [-0.2, 0) is 42.7 Å². The Kier molecular flexibility index (Phi) is 17.4. The fraction of sp³-hybridized carbons (Fsp3) is 0.559. The summed E-state index contributed by atoms with van der Waals surface area (Å²) in [5.41, 5.74) is 12.2. The van der Waals surface area contributed by atoms with Crippen LogP contribution < -0.4 is 19.2 Å². The molecule has 12 rings (SSSR count). The van der Waals surface area contributed by atoms with Crippen LogP contribution in [0.4, 0.5) is 11.4 Å². The van der Waals surface area contributed by atoms with Gasteiger partial charge in [0.25, 0.3) is 0 Å². The minimum absolute atomic E-state index is 0.00590. The summed E-state index contributed by atoms with van der Waals surface area (Å²) < 4.78 is 63.8. The summed E-state index contributed by atoms with van der Waals surface area (Å²) >= 11 is 0. The van der Waals surface area contributed by atoms with Crippen molar-refractivity contribution in [2.45, 2.75) is 204 Å². The van der Waals surface area contributed by atoms with Crippen molar-refractivity contribution in [2.75, 3.05) is 62.2 Å². The topological polar surface area (TPSA) is 149 Å². The number of carbonyl (C=O) groups is 2. The number of hydrogen-bond donors (Lipinski definition) is 2. The molecule has 14 nitrogen and oxygen atoms in total. The van der Waals surface area contributed by atoms with Gasteiger partial charge in [-0.3, -0.25) is 9.59 Å². The molecule has 4 aliphatic heterocycles. The van der Waals surface area contributed by atoms with Gasteiger partial charge < -0.3 is 28.7 Å². The van der Waals surface area contributed by atoms with Crippen LogP contribution in [-0.4, -0.2) is 111 Å². The third-order valence-electron chi connectivity index (χ3n) is 18.5. The minimum Gasteiger partial charge on any atom is -0.368 e. The predicted octanol–water partition coefficient (Wildman–Crippen LogP) is 13.1. The molecule has 2 saturated heterocycles. The zero-order valence-corrected chi connectivity index (χ0v) is 53.0. The number of nitrogens with one attached hydrogen (secondary N) is 2. The third-order valence-corrected chi connectivity index (χ3v) is 22.0. The Morgan fingerprint density at radius 1 is 0.524 bits per heavy atom. The molecule has 2 aromatic heterocycles. The van der Waals surface area contributed by atoms with Crippen molar-refractivity contribution < 1.29 is 26.4 Å². The van der Waals surface area contributed by atoms with E-state index in [0.29, 0.717) is 16.7 Å². The van der Waals surface area contributed by atoms with Gasteiger partial charge in [0.15, 0.2) is 0 Å². The van der Waals surface area contributed by atoms with Crippen molar-refractivity contribution in [1.29, 1.82) is 0 Å². The largest absolute Gasteiger partial charge is 0.368 e. The molecule has 452 valence electrons. The van der Waals surface area contributed by atoms with Crippen molar-refractivity contribution in [3.8, 4) is 22.5 Å². The standard InChI is InChI=1S/C34H44N4O4S.C34H48N4O2S/c1-23-13-15-27-28(19-23)37(21-30(39)36-17-9-6-10-18-36)31(40)22-38-29-20-25(43(41,42)35-34(2,3)4)14-16-26(29)32(33(27)38)24-11-7-5-8-12-24;1-25-13-15-29-30(23-25)37(20-19-36-17-9-6-10-18-36)21-22-38-31-24-27(41(39,40)35-34(2,3)4)14-16-28(31)32(33(29)38)26-11-7-5-8-12-26/h13-16,19-20,24,35H,5-12,17-18,21-22H2,1-4H3;13-16,23-24,26,35H,5-12,17-22H2,1-4H3. The van der Waals surface area contributed by atoms with E-state index in [-0.39, 0.29) is 29.8 Å². The van der Waals surface area contributed by atoms with Crippen LogP contribution in [0.2, 0.25) is 0 Å². The van der Waals surface area contributed by atoms with Crippen LogP contribution in [0.15, 0.2) is 82.6 Å². The van der Waals surface area contributed by atoms with E-state index in [1.165, 1.54) is 110 Å². The Bertz CT molecular complexity index is 3660. The van der Waals surface area contributed by atoms with Crippen LogP contribution in [0.1, 0.15) is 178 Å². The lowest BCUT2D eigenvalue weighted by molar-refractivity contribution is -0.132. The Labute approximate surface area is 500 Å². The van der Waals surface area contributed by atoms with Crippen molar-refractivity contribution >= 4 is 65.0 Å². The van der Waals surface area contributed by atoms with Crippen molar-refractivity contribution in [2.24, 2.45) is 0 Å². The quantitative estimate of drug-likeness (QED) is 0.130. The summed E-state index contributed by atoms with van der Waals surface area (Å²) in [5.74, 6) is 0.635. The lowest BCUT2D eigenvalue weighted by Crippen LogP contribution is -2.45.